The summed E-state index contributed by atoms with van der Waals surface area (Å²) >= 11 is 0. The molecule has 1 N–H and O–H groups in total. The van der Waals surface area contributed by atoms with Gasteiger partial charge in [0.05, 0.1) is 17.1 Å². The normalized spacial score (nSPS) is 14.1. The number of carbonyl (C=O) groups excluding carboxylic acids is 1. The van der Waals surface area contributed by atoms with E-state index in [1.54, 1.807) is 6.20 Å². The zero-order valence-electron chi connectivity index (χ0n) is 15.5. The number of fused-ring (bicyclic) bond motifs is 1. The first-order chi connectivity index (χ1) is 12.6. The third-order valence-electron chi connectivity index (χ3n) is 4.83. The van der Waals surface area contributed by atoms with Crippen molar-refractivity contribution < 1.29 is 4.79 Å². The number of anilines is 1. The van der Waals surface area contributed by atoms with Crippen LogP contribution in [0.2, 0.25) is 0 Å². The second kappa shape index (κ2) is 6.55. The van der Waals surface area contributed by atoms with E-state index >= 15 is 0 Å². The molecule has 0 bridgehead atoms. The second-order valence-corrected chi connectivity index (χ2v) is 6.91. The van der Waals surface area contributed by atoms with Crippen LogP contribution in [0, 0.1) is 6.92 Å². The highest BCUT2D eigenvalue weighted by molar-refractivity contribution is 6.11. The molecule has 0 aliphatic heterocycles. The lowest BCUT2D eigenvalue weighted by molar-refractivity contribution is 0.102. The minimum Gasteiger partial charge on any atom is -0.305 e. The molecule has 1 amide bonds. The summed E-state index contributed by atoms with van der Waals surface area (Å²) < 4.78 is 3.76. The highest BCUT2D eigenvalue weighted by Crippen LogP contribution is 2.40. The van der Waals surface area contributed by atoms with E-state index in [4.69, 9.17) is 4.98 Å². The molecule has 1 aliphatic carbocycles. The number of hydrogen-bond donors (Lipinski definition) is 1. The summed E-state index contributed by atoms with van der Waals surface area (Å²) in [4.78, 5) is 17.8. The van der Waals surface area contributed by atoms with Gasteiger partial charge < -0.3 is 5.32 Å². The Morgan fingerprint density at radius 3 is 2.73 bits per heavy atom. The van der Waals surface area contributed by atoms with Gasteiger partial charge >= 0.3 is 0 Å². The Bertz CT molecular complexity index is 966. The van der Waals surface area contributed by atoms with Gasteiger partial charge in [-0.3, -0.25) is 9.48 Å². The summed E-state index contributed by atoms with van der Waals surface area (Å²) in [5.41, 5.74) is 3.45. The number of nitrogens with zero attached hydrogens (tertiary/aromatic N) is 5. The molecule has 1 saturated carbocycles. The molecule has 26 heavy (non-hydrogen) atoms. The predicted molar refractivity (Wildman–Crippen MR) is 100 cm³/mol. The number of hydrogen-bond acceptors (Lipinski definition) is 4. The smallest absolute Gasteiger partial charge is 0.257 e. The largest absolute Gasteiger partial charge is 0.305 e. The molecular weight excluding hydrogens is 328 g/mol. The fraction of sp³-hybridized carbons (Fsp3) is 0.474. The van der Waals surface area contributed by atoms with Crippen molar-refractivity contribution in [3.63, 3.8) is 0 Å². The van der Waals surface area contributed by atoms with Gasteiger partial charge in [-0.2, -0.15) is 10.2 Å². The van der Waals surface area contributed by atoms with E-state index in [2.05, 4.69) is 22.4 Å². The van der Waals surface area contributed by atoms with Crippen LogP contribution in [0.15, 0.2) is 18.3 Å². The number of aromatic nitrogens is 5. The molecule has 0 spiro atoms. The van der Waals surface area contributed by atoms with E-state index in [0.717, 1.165) is 54.8 Å². The minimum atomic E-state index is -0.156. The number of rotatable bonds is 6. The van der Waals surface area contributed by atoms with Crippen molar-refractivity contribution >= 4 is 22.8 Å². The Balaban J connectivity index is 1.72. The maximum Gasteiger partial charge on any atom is 0.257 e. The highest BCUT2D eigenvalue weighted by Gasteiger charge is 2.28. The molecule has 4 rings (SSSR count). The van der Waals surface area contributed by atoms with Crippen LogP contribution >= 0.6 is 0 Å². The van der Waals surface area contributed by atoms with Gasteiger partial charge in [-0.25, -0.2) is 9.67 Å². The standard InChI is InChI=1S/C19H24N6O/c1-4-8-25-18-15(11-20-25)14(10-16(21-18)13-6-7-13)19(26)22-17-9-12(3)24(5-2)23-17/h9-11,13H,4-8H2,1-3H3,(H,22,23,26). The van der Waals surface area contributed by atoms with Crippen molar-refractivity contribution in [3.8, 4) is 0 Å². The van der Waals surface area contributed by atoms with Gasteiger partial charge in [0.1, 0.15) is 0 Å². The maximum absolute atomic E-state index is 13.0. The van der Waals surface area contributed by atoms with Crippen molar-refractivity contribution in [1.29, 1.82) is 0 Å². The van der Waals surface area contributed by atoms with Gasteiger partial charge in [-0.05, 0) is 39.2 Å². The molecule has 1 fully saturated rings. The Hall–Kier alpha value is -2.70. The van der Waals surface area contributed by atoms with Gasteiger partial charge in [-0.15, -0.1) is 0 Å². The molecule has 0 unspecified atom stereocenters. The van der Waals surface area contributed by atoms with Crippen molar-refractivity contribution in [3.05, 3.63) is 35.3 Å². The van der Waals surface area contributed by atoms with E-state index in [9.17, 15) is 4.79 Å². The van der Waals surface area contributed by atoms with Crippen LogP contribution in [0.1, 0.15) is 60.8 Å². The first-order valence-electron chi connectivity index (χ1n) is 9.33. The molecule has 3 aromatic rings. The van der Waals surface area contributed by atoms with E-state index in [1.165, 1.54) is 0 Å². The van der Waals surface area contributed by atoms with Gasteiger partial charge in [-0.1, -0.05) is 6.92 Å². The molecule has 7 nitrogen and oxygen atoms in total. The number of amides is 1. The summed E-state index contributed by atoms with van der Waals surface area (Å²) in [6, 6.07) is 3.82. The molecule has 0 atom stereocenters. The first kappa shape index (κ1) is 16.8. The van der Waals surface area contributed by atoms with E-state index < -0.39 is 0 Å². The zero-order chi connectivity index (χ0) is 18.3. The lowest BCUT2D eigenvalue weighted by Crippen LogP contribution is -2.14. The van der Waals surface area contributed by atoms with E-state index in [-0.39, 0.29) is 5.91 Å². The van der Waals surface area contributed by atoms with Gasteiger partial charge in [0.15, 0.2) is 11.5 Å². The van der Waals surface area contributed by atoms with Crippen LogP contribution < -0.4 is 5.32 Å². The SMILES string of the molecule is CCCn1ncc2c(C(=O)Nc3cc(C)n(CC)n3)cc(C3CC3)nc21. The summed E-state index contributed by atoms with van der Waals surface area (Å²) in [5, 5.41) is 12.6. The molecule has 3 heterocycles. The lowest BCUT2D eigenvalue weighted by atomic mass is 10.1. The molecule has 7 heteroatoms. The summed E-state index contributed by atoms with van der Waals surface area (Å²) in [6.45, 7) is 7.69. The molecule has 3 aromatic heterocycles. The second-order valence-electron chi connectivity index (χ2n) is 6.91. The van der Waals surface area contributed by atoms with Gasteiger partial charge in [0, 0.05) is 36.5 Å². The molecule has 1 aliphatic rings. The molecule has 0 aromatic carbocycles. The molecular formula is C19H24N6O. The third kappa shape index (κ3) is 2.98. The Morgan fingerprint density at radius 2 is 2.08 bits per heavy atom. The lowest BCUT2D eigenvalue weighted by Gasteiger charge is -2.08. The summed E-state index contributed by atoms with van der Waals surface area (Å²) in [7, 11) is 0. The maximum atomic E-state index is 13.0. The average Bonchev–Trinajstić information content (AvgIpc) is 3.32. The predicted octanol–water partition coefficient (Wildman–Crippen LogP) is 3.50. The van der Waals surface area contributed by atoms with E-state index in [0.29, 0.717) is 17.3 Å². The number of pyridine rings is 1. The Morgan fingerprint density at radius 1 is 1.27 bits per heavy atom. The fourth-order valence-electron chi connectivity index (χ4n) is 3.29. The summed E-state index contributed by atoms with van der Waals surface area (Å²) in [6.07, 6.45) is 5.00. The van der Waals surface area contributed by atoms with Crippen LogP contribution in [-0.4, -0.2) is 30.5 Å². The van der Waals surface area contributed by atoms with Crippen LogP contribution in [0.4, 0.5) is 5.82 Å². The highest BCUT2D eigenvalue weighted by atomic mass is 16.1. The minimum absolute atomic E-state index is 0.156. The monoisotopic (exact) mass is 352 g/mol. The third-order valence-corrected chi connectivity index (χ3v) is 4.83. The molecule has 0 radical (unpaired) electrons. The van der Waals surface area contributed by atoms with Crippen molar-refractivity contribution in [2.75, 3.05) is 5.32 Å². The fourth-order valence-corrected chi connectivity index (χ4v) is 3.29. The quantitative estimate of drug-likeness (QED) is 0.736. The van der Waals surface area contributed by atoms with Crippen LogP contribution in [0.25, 0.3) is 11.0 Å². The van der Waals surface area contributed by atoms with Crippen molar-refractivity contribution in [2.45, 2.75) is 59.0 Å². The Labute approximate surface area is 152 Å². The van der Waals surface area contributed by atoms with E-state index in [1.807, 2.05) is 35.3 Å². The van der Waals surface area contributed by atoms with Crippen LogP contribution in [0.5, 0.6) is 0 Å². The number of aryl methyl sites for hydroxylation is 3. The van der Waals surface area contributed by atoms with Crippen molar-refractivity contribution in [2.24, 2.45) is 0 Å². The first-order valence-corrected chi connectivity index (χ1v) is 9.33. The van der Waals surface area contributed by atoms with Crippen LogP contribution in [0.3, 0.4) is 0 Å². The van der Waals surface area contributed by atoms with Crippen molar-refractivity contribution in [1.82, 2.24) is 24.5 Å². The Kier molecular flexibility index (Phi) is 4.22. The molecule has 136 valence electrons. The number of carbonyl (C=O) groups is 1. The summed E-state index contributed by atoms with van der Waals surface area (Å²) in [5.74, 6) is 0.891. The average molecular weight is 352 g/mol. The van der Waals surface area contributed by atoms with Gasteiger partial charge in [0.2, 0.25) is 0 Å². The zero-order valence-corrected chi connectivity index (χ0v) is 15.5. The van der Waals surface area contributed by atoms with Crippen LogP contribution in [-0.2, 0) is 13.1 Å². The molecule has 0 saturated heterocycles. The topological polar surface area (TPSA) is 77.6 Å². The van der Waals surface area contributed by atoms with Gasteiger partial charge in [0.25, 0.3) is 5.91 Å². The number of nitrogens with one attached hydrogen (secondary N) is 1.